The zero-order valence-corrected chi connectivity index (χ0v) is 22.0. The molecule has 0 aromatic heterocycles. The number of carbonyl (C=O) groups excluding carboxylic acids is 6. The van der Waals surface area contributed by atoms with Gasteiger partial charge in [-0.1, -0.05) is 13.2 Å². The fourth-order valence-electron chi connectivity index (χ4n) is 2.11. The maximum Gasteiger partial charge on any atom is 0.330 e. The van der Waals surface area contributed by atoms with Crippen molar-refractivity contribution in [1.29, 1.82) is 0 Å². The van der Waals surface area contributed by atoms with Gasteiger partial charge in [-0.2, -0.15) is 0 Å². The minimum Gasteiger partial charge on any atom is -0.462 e. The molecule has 37 heavy (non-hydrogen) atoms. The van der Waals surface area contributed by atoms with Crippen LogP contribution in [-0.2, 0) is 47.7 Å². The third-order valence-electron chi connectivity index (χ3n) is 4.38. The van der Waals surface area contributed by atoms with E-state index >= 15 is 0 Å². The van der Waals surface area contributed by atoms with Crippen LogP contribution in [-0.4, -0.2) is 91.5 Å². The molecule has 2 saturated heterocycles. The Balaban J connectivity index is 0.000000614. The van der Waals surface area contributed by atoms with E-state index in [1.165, 1.54) is 6.54 Å². The molecule has 0 bridgehead atoms. The summed E-state index contributed by atoms with van der Waals surface area (Å²) in [5, 5.41) is 2.50. The van der Waals surface area contributed by atoms with Crippen LogP contribution in [0.5, 0.6) is 0 Å². The van der Waals surface area contributed by atoms with Gasteiger partial charge >= 0.3 is 23.9 Å². The van der Waals surface area contributed by atoms with E-state index in [1.54, 1.807) is 4.90 Å². The second-order valence-electron chi connectivity index (χ2n) is 7.74. The largest absolute Gasteiger partial charge is 0.462 e. The SMILES string of the molecule is C=CC(=O)OCCOC(=O)CCC(=O)Cl.C=CC(=O)OCCOC(=O)CCC(=O)N1CC1C.CC1CN1. The van der Waals surface area contributed by atoms with E-state index < -0.39 is 29.1 Å². The molecule has 0 radical (unpaired) electrons. The van der Waals surface area contributed by atoms with E-state index in [1.807, 2.05) is 6.92 Å². The highest BCUT2D eigenvalue weighted by Crippen LogP contribution is 2.17. The fraction of sp³-hybridized carbons (Fsp3) is 0.583. The van der Waals surface area contributed by atoms with Crippen molar-refractivity contribution in [2.75, 3.05) is 39.5 Å². The number of nitrogens with one attached hydrogen (secondary N) is 1. The lowest BCUT2D eigenvalue weighted by molar-refractivity contribution is -0.150. The average molecular weight is 547 g/mol. The number of ether oxygens (including phenoxy) is 4. The maximum atomic E-state index is 11.4. The molecule has 0 spiro atoms. The molecular formula is C24H35ClN2O10. The first-order valence-electron chi connectivity index (χ1n) is 11.6. The molecule has 2 fully saturated rings. The minimum atomic E-state index is -0.593. The van der Waals surface area contributed by atoms with Gasteiger partial charge in [-0.25, -0.2) is 9.59 Å². The van der Waals surface area contributed by atoms with Crippen LogP contribution in [0, 0.1) is 0 Å². The normalized spacial score (nSPS) is 16.2. The second kappa shape index (κ2) is 19.9. The lowest BCUT2D eigenvalue weighted by Gasteiger charge is -2.05. The van der Waals surface area contributed by atoms with Gasteiger partial charge in [-0.05, 0) is 25.4 Å². The molecule has 2 unspecified atom stereocenters. The van der Waals surface area contributed by atoms with Crippen LogP contribution in [0.25, 0.3) is 0 Å². The highest BCUT2D eigenvalue weighted by Gasteiger charge is 2.33. The van der Waals surface area contributed by atoms with E-state index in [-0.39, 0.29) is 58.0 Å². The van der Waals surface area contributed by atoms with Gasteiger partial charge in [0.15, 0.2) is 0 Å². The van der Waals surface area contributed by atoms with Crippen LogP contribution in [0.15, 0.2) is 25.3 Å². The summed E-state index contributed by atoms with van der Waals surface area (Å²) in [6.45, 7) is 12.4. The summed E-state index contributed by atoms with van der Waals surface area (Å²) in [6, 6.07) is 1.13. The molecule has 2 rings (SSSR count). The number of carbonyl (C=O) groups is 6. The minimum absolute atomic E-state index is 0.00625. The molecule has 2 atom stereocenters. The van der Waals surface area contributed by atoms with E-state index in [9.17, 15) is 28.8 Å². The molecule has 0 aromatic rings. The Morgan fingerprint density at radius 3 is 1.51 bits per heavy atom. The molecule has 2 heterocycles. The monoisotopic (exact) mass is 546 g/mol. The van der Waals surface area contributed by atoms with Crippen molar-refractivity contribution in [1.82, 2.24) is 10.2 Å². The fourth-order valence-corrected chi connectivity index (χ4v) is 2.21. The number of nitrogens with zero attached hydrogens (tertiary/aromatic N) is 1. The third kappa shape index (κ3) is 21.7. The molecule has 12 nitrogen and oxygen atoms in total. The third-order valence-corrected chi connectivity index (χ3v) is 4.56. The van der Waals surface area contributed by atoms with E-state index in [2.05, 4.69) is 39.6 Å². The van der Waals surface area contributed by atoms with Crippen LogP contribution in [0.2, 0.25) is 0 Å². The Hall–Kier alpha value is -3.25. The Morgan fingerprint density at radius 2 is 1.19 bits per heavy atom. The number of esters is 4. The topological polar surface area (TPSA) is 164 Å². The van der Waals surface area contributed by atoms with Crippen LogP contribution < -0.4 is 5.32 Å². The van der Waals surface area contributed by atoms with E-state index in [0.29, 0.717) is 6.04 Å². The summed E-state index contributed by atoms with van der Waals surface area (Å²) in [5.74, 6) is -2.19. The molecular weight excluding hydrogens is 512 g/mol. The predicted molar refractivity (Wildman–Crippen MR) is 132 cm³/mol. The van der Waals surface area contributed by atoms with Crippen molar-refractivity contribution in [2.45, 2.75) is 51.6 Å². The first kappa shape index (κ1) is 33.8. The van der Waals surface area contributed by atoms with Crippen molar-refractivity contribution in [3.8, 4) is 0 Å². The second-order valence-corrected chi connectivity index (χ2v) is 8.17. The van der Waals surface area contributed by atoms with Gasteiger partial charge in [0.25, 0.3) is 0 Å². The van der Waals surface area contributed by atoms with Gasteiger partial charge < -0.3 is 29.2 Å². The Bertz CT molecular complexity index is 813. The zero-order valence-electron chi connectivity index (χ0n) is 21.2. The average Bonchev–Trinajstić information content (AvgIpc) is 3.80. The number of rotatable bonds is 14. The van der Waals surface area contributed by atoms with Crippen molar-refractivity contribution in [3.63, 3.8) is 0 Å². The first-order valence-corrected chi connectivity index (χ1v) is 12.0. The highest BCUT2D eigenvalue weighted by molar-refractivity contribution is 6.63. The standard InChI is InChI=1S/C12H17NO5.C9H11ClO5.C3H7N/c1-3-11(15)17-6-7-18-12(16)5-4-10(14)13-8-9(13)2;1-2-8(12)14-5-6-15-9(13)4-3-7(10)11;1-3-2-4-3/h3,9H,1,4-8H2,2H3;2H,1,3-6H2;3-4H,2H2,1H3. The number of amides is 1. The molecule has 13 heteroatoms. The van der Waals surface area contributed by atoms with E-state index in [4.69, 9.17) is 16.3 Å². The summed E-state index contributed by atoms with van der Waals surface area (Å²) < 4.78 is 18.6. The maximum absolute atomic E-state index is 11.4. The van der Waals surface area contributed by atoms with Crippen molar-refractivity contribution in [2.24, 2.45) is 0 Å². The van der Waals surface area contributed by atoms with Crippen LogP contribution in [0.4, 0.5) is 0 Å². The van der Waals surface area contributed by atoms with Crippen molar-refractivity contribution < 1.29 is 47.7 Å². The summed E-state index contributed by atoms with van der Waals surface area (Å²) >= 11 is 5.02. The number of halogens is 1. The Morgan fingerprint density at radius 1 is 0.811 bits per heavy atom. The smallest absolute Gasteiger partial charge is 0.330 e. The zero-order chi connectivity index (χ0) is 28.2. The molecule has 2 aliphatic heterocycles. The van der Waals surface area contributed by atoms with Crippen LogP contribution in [0.1, 0.15) is 39.5 Å². The quantitative estimate of drug-likeness (QED) is 0.0826. The first-order chi connectivity index (χ1) is 17.5. The summed E-state index contributed by atoms with van der Waals surface area (Å²) in [7, 11) is 0. The highest BCUT2D eigenvalue weighted by atomic mass is 35.5. The van der Waals surface area contributed by atoms with Gasteiger partial charge in [-0.3, -0.25) is 19.2 Å². The van der Waals surface area contributed by atoms with Crippen LogP contribution in [0.3, 0.4) is 0 Å². The van der Waals surface area contributed by atoms with Gasteiger partial charge in [0, 0.05) is 50.2 Å². The molecule has 208 valence electrons. The molecule has 0 aliphatic carbocycles. The number of hydrogen-bond acceptors (Lipinski definition) is 11. The summed E-state index contributed by atoms with van der Waals surface area (Å²) in [5.41, 5.74) is 0. The molecule has 1 amide bonds. The van der Waals surface area contributed by atoms with Gasteiger partial charge in [-0.15, -0.1) is 0 Å². The summed E-state index contributed by atoms with van der Waals surface area (Å²) in [6.07, 6.45) is 2.12. The van der Waals surface area contributed by atoms with Gasteiger partial charge in [0.05, 0.1) is 12.8 Å². The molecule has 0 aromatic carbocycles. The molecule has 2 aliphatic rings. The van der Waals surface area contributed by atoms with Crippen LogP contribution >= 0.6 is 11.6 Å². The van der Waals surface area contributed by atoms with Crippen molar-refractivity contribution in [3.05, 3.63) is 25.3 Å². The Kier molecular flexibility index (Phi) is 18.1. The van der Waals surface area contributed by atoms with Gasteiger partial charge in [0.1, 0.15) is 26.4 Å². The lowest BCUT2D eigenvalue weighted by atomic mass is 10.3. The summed E-state index contributed by atoms with van der Waals surface area (Å²) in [4.78, 5) is 66.7. The lowest BCUT2D eigenvalue weighted by Crippen LogP contribution is -2.17. The van der Waals surface area contributed by atoms with Crippen molar-refractivity contribution >= 4 is 46.6 Å². The van der Waals surface area contributed by atoms with E-state index in [0.717, 1.165) is 24.7 Å². The molecule has 0 saturated carbocycles. The Labute approximate surface area is 221 Å². The predicted octanol–water partition coefficient (Wildman–Crippen LogP) is 1.05. The number of hydrogen-bond donors (Lipinski definition) is 1. The molecule has 1 N–H and O–H groups in total. The van der Waals surface area contributed by atoms with Gasteiger partial charge in [0.2, 0.25) is 11.1 Å².